The van der Waals surface area contributed by atoms with Gasteiger partial charge in [-0.3, -0.25) is 14.4 Å². The van der Waals surface area contributed by atoms with Crippen molar-refractivity contribution < 1.29 is 18.8 Å². The summed E-state index contributed by atoms with van der Waals surface area (Å²) in [4.78, 5) is 35.9. The van der Waals surface area contributed by atoms with Crippen LogP contribution in [0.5, 0.6) is 0 Å². The molecule has 8 heteroatoms. The predicted molar refractivity (Wildman–Crippen MR) is 119 cm³/mol. The highest BCUT2D eigenvalue weighted by Crippen LogP contribution is 2.16. The molecule has 3 rings (SSSR count). The molecular formula is C22H21N3O4S. The lowest BCUT2D eigenvalue weighted by Crippen LogP contribution is -2.18. The van der Waals surface area contributed by atoms with Crippen LogP contribution in [0, 0.1) is 6.92 Å². The minimum Gasteiger partial charge on any atom is -0.459 e. The van der Waals surface area contributed by atoms with E-state index >= 15 is 0 Å². The minimum atomic E-state index is -0.350. The summed E-state index contributed by atoms with van der Waals surface area (Å²) >= 11 is 1.23. The van der Waals surface area contributed by atoms with Gasteiger partial charge in [0.2, 0.25) is 11.8 Å². The largest absolute Gasteiger partial charge is 0.459 e. The standard InChI is InChI=1S/C22H21N3O4S/c1-15-4-6-16(7-5-15)23-20(26)13-30-14-21(27)24-17-8-10-18(11-9-17)25-22(28)19-3-2-12-29-19/h2-12H,13-14H2,1H3,(H,23,26)(H,24,27)(H,25,28). The zero-order valence-electron chi connectivity index (χ0n) is 16.3. The molecule has 0 aliphatic carbocycles. The Balaban J connectivity index is 1.38. The van der Waals surface area contributed by atoms with E-state index in [1.54, 1.807) is 36.4 Å². The fourth-order valence-corrected chi connectivity index (χ4v) is 3.12. The molecule has 0 aliphatic rings. The van der Waals surface area contributed by atoms with E-state index in [1.165, 1.54) is 18.0 Å². The molecular weight excluding hydrogens is 402 g/mol. The van der Waals surface area contributed by atoms with Crippen LogP contribution in [-0.4, -0.2) is 29.2 Å². The fraction of sp³-hybridized carbons (Fsp3) is 0.136. The number of thioether (sulfide) groups is 1. The van der Waals surface area contributed by atoms with E-state index < -0.39 is 0 Å². The van der Waals surface area contributed by atoms with E-state index in [4.69, 9.17) is 4.42 Å². The third-order valence-corrected chi connectivity index (χ3v) is 4.91. The van der Waals surface area contributed by atoms with E-state index in [0.717, 1.165) is 11.3 Å². The number of nitrogens with one attached hydrogen (secondary N) is 3. The summed E-state index contributed by atoms with van der Waals surface area (Å²) in [5.74, 6) is -0.172. The Morgan fingerprint density at radius 3 is 1.77 bits per heavy atom. The zero-order valence-corrected chi connectivity index (χ0v) is 17.1. The van der Waals surface area contributed by atoms with Crippen molar-refractivity contribution in [1.29, 1.82) is 0 Å². The third kappa shape index (κ3) is 6.52. The molecule has 0 unspecified atom stereocenters. The van der Waals surface area contributed by atoms with E-state index in [9.17, 15) is 14.4 Å². The van der Waals surface area contributed by atoms with Crippen molar-refractivity contribution >= 4 is 46.5 Å². The average molecular weight is 423 g/mol. The summed E-state index contributed by atoms with van der Waals surface area (Å²) in [6, 6.07) is 17.5. The van der Waals surface area contributed by atoms with Crippen LogP contribution in [0.4, 0.5) is 17.1 Å². The lowest BCUT2D eigenvalue weighted by atomic mass is 10.2. The Kier molecular flexibility index (Phi) is 7.29. The molecule has 3 aromatic rings. The molecule has 0 fully saturated rings. The highest BCUT2D eigenvalue weighted by atomic mass is 32.2. The monoisotopic (exact) mass is 423 g/mol. The molecule has 7 nitrogen and oxygen atoms in total. The number of hydrogen-bond acceptors (Lipinski definition) is 5. The van der Waals surface area contributed by atoms with Crippen molar-refractivity contribution in [2.75, 3.05) is 27.5 Å². The van der Waals surface area contributed by atoms with Gasteiger partial charge in [0.05, 0.1) is 17.8 Å². The molecule has 2 aromatic carbocycles. The first-order valence-electron chi connectivity index (χ1n) is 9.18. The van der Waals surface area contributed by atoms with Crippen LogP contribution in [0.25, 0.3) is 0 Å². The smallest absolute Gasteiger partial charge is 0.291 e. The van der Waals surface area contributed by atoms with Gasteiger partial charge in [0, 0.05) is 17.1 Å². The van der Waals surface area contributed by atoms with Gasteiger partial charge in [0.15, 0.2) is 5.76 Å². The van der Waals surface area contributed by atoms with Crippen LogP contribution < -0.4 is 16.0 Å². The van der Waals surface area contributed by atoms with Gasteiger partial charge in [0.1, 0.15) is 0 Å². The second kappa shape index (κ2) is 10.3. The number of carbonyl (C=O) groups is 3. The second-order valence-electron chi connectivity index (χ2n) is 6.46. The number of furan rings is 1. The lowest BCUT2D eigenvalue weighted by Gasteiger charge is -2.08. The van der Waals surface area contributed by atoms with Gasteiger partial charge in [-0.2, -0.15) is 0 Å². The normalized spacial score (nSPS) is 10.3. The van der Waals surface area contributed by atoms with Gasteiger partial charge < -0.3 is 20.4 Å². The summed E-state index contributed by atoms with van der Waals surface area (Å²) in [5.41, 5.74) is 3.03. The Morgan fingerprint density at radius 2 is 1.27 bits per heavy atom. The van der Waals surface area contributed by atoms with Gasteiger partial charge in [-0.05, 0) is 55.5 Å². The first-order valence-corrected chi connectivity index (χ1v) is 10.3. The highest BCUT2D eigenvalue weighted by molar-refractivity contribution is 8.00. The van der Waals surface area contributed by atoms with E-state index in [2.05, 4.69) is 16.0 Å². The molecule has 0 spiro atoms. The number of carbonyl (C=O) groups excluding carboxylic acids is 3. The van der Waals surface area contributed by atoms with Crippen molar-refractivity contribution in [2.24, 2.45) is 0 Å². The second-order valence-corrected chi connectivity index (χ2v) is 7.45. The fourth-order valence-electron chi connectivity index (χ4n) is 2.50. The van der Waals surface area contributed by atoms with Crippen molar-refractivity contribution in [3.05, 3.63) is 78.3 Å². The Hall–Kier alpha value is -3.52. The lowest BCUT2D eigenvalue weighted by molar-refractivity contribution is -0.114. The van der Waals surface area contributed by atoms with Crippen LogP contribution in [-0.2, 0) is 9.59 Å². The maximum absolute atomic E-state index is 12.1. The van der Waals surface area contributed by atoms with Crippen LogP contribution in [0.1, 0.15) is 16.1 Å². The third-order valence-electron chi connectivity index (χ3n) is 3.97. The maximum atomic E-state index is 12.1. The van der Waals surface area contributed by atoms with Gasteiger partial charge >= 0.3 is 0 Å². The van der Waals surface area contributed by atoms with E-state index in [0.29, 0.717) is 11.4 Å². The van der Waals surface area contributed by atoms with Crippen LogP contribution in [0.3, 0.4) is 0 Å². The van der Waals surface area contributed by atoms with Crippen LogP contribution in [0.2, 0.25) is 0 Å². The van der Waals surface area contributed by atoms with Gasteiger partial charge in [-0.1, -0.05) is 17.7 Å². The van der Waals surface area contributed by atoms with Gasteiger partial charge in [-0.15, -0.1) is 11.8 Å². The Morgan fingerprint density at radius 1 is 0.767 bits per heavy atom. The molecule has 154 valence electrons. The van der Waals surface area contributed by atoms with Crippen molar-refractivity contribution in [3.8, 4) is 0 Å². The van der Waals surface area contributed by atoms with Crippen molar-refractivity contribution in [1.82, 2.24) is 0 Å². The average Bonchev–Trinajstić information content (AvgIpc) is 3.26. The molecule has 3 N–H and O–H groups in total. The summed E-state index contributed by atoms with van der Waals surface area (Å²) < 4.78 is 5.04. The van der Waals surface area contributed by atoms with Crippen LogP contribution >= 0.6 is 11.8 Å². The molecule has 1 heterocycles. The number of amides is 3. The van der Waals surface area contributed by atoms with Crippen molar-refractivity contribution in [2.45, 2.75) is 6.92 Å². The summed E-state index contributed by atoms with van der Waals surface area (Å²) in [7, 11) is 0. The Bertz CT molecular complexity index is 1000. The molecule has 30 heavy (non-hydrogen) atoms. The molecule has 0 saturated heterocycles. The highest BCUT2D eigenvalue weighted by Gasteiger charge is 2.09. The van der Waals surface area contributed by atoms with Crippen LogP contribution in [0.15, 0.2) is 71.3 Å². The van der Waals surface area contributed by atoms with Crippen molar-refractivity contribution in [3.63, 3.8) is 0 Å². The quantitative estimate of drug-likeness (QED) is 0.505. The maximum Gasteiger partial charge on any atom is 0.291 e. The minimum absolute atomic E-state index is 0.151. The zero-order chi connectivity index (χ0) is 21.3. The molecule has 0 aliphatic heterocycles. The number of hydrogen-bond donors (Lipinski definition) is 3. The molecule has 1 aromatic heterocycles. The SMILES string of the molecule is Cc1ccc(NC(=O)CSCC(=O)Nc2ccc(NC(=O)c3ccco3)cc2)cc1. The summed E-state index contributed by atoms with van der Waals surface area (Å²) in [6.07, 6.45) is 1.43. The van der Waals surface area contributed by atoms with E-state index in [1.807, 2.05) is 31.2 Å². The number of anilines is 3. The molecule has 0 atom stereocenters. The summed E-state index contributed by atoms with van der Waals surface area (Å²) in [6.45, 7) is 1.98. The number of benzene rings is 2. The molecule has 0 bridgehead atoms. The first-order chi connectivity index (χ1) is 14.5. The van der Waals surface area contributed by atoms with Gasteiger partial charge in [-0.25, -0.2) is 0 Å². The van der Waals surface area contributed by atoms with Gasteiger partial charge in [0.25, 0.3) is 5.91 Å². The van der Waals surface area contributed by atoms with E-state index in [-0.39, 0.29) is 35.0 Å². The first kappa shape index (κ1) is 21.2. The molecule has 3 amide bonds. The number of rotatable bonds is 8. The molecule has 0 radical (unpaired) electrons. The predicted octanol–water partition coefficient (Wildman–Crippen LogP) is 4.15. The Labute approximate surface area is 178 Å². The number of aryl methyl sites for hydroxylation is 1. The molecule has 0 saturated carbocycles. The topological polar surface area (TPSA) is 100 Å². The summed E-state index contributed by atoms with van der Waals surface area (Å²) in [5, 5.41) is 8.25.